The van der Waals surface area contributed by atoms with Gasteiger partial charge in [0.1, 0.15) is 11.6 Å². The van der Waals surface area contributed by atoms with E-state index in [2.05, 4.69) is 5.32 Å². The van der Waals surface area contributed by atoms with E-state index in [1.807, 2.05) is 0 Å². The van der Waals surface area contributed by atoms with Crippen molar-refractivity contribution in [3.63, 3.8) is 0 Å². The van der Waals surface area contributed by atoms with E-state index in [9.17, 15) is 9.50 Å². The van der Waals surface area contributed by atoms with Gasteiger partial charge in [-0.1, -0.05) is 0 Å². The summed E-state index contributed by atoms with van der Waals surface area (Å²) in [4.78, 5) is 0. The molecule has 0 bridgehead atoms. The summed E-state index contributed by atoms with van der Waals surface area (Å²) in [6.07, 6.45) is 3.01. The van der Waals surface area contributed by atoms with Crippen LogP contribution in [0.1, 0.15) is 24.0 Å². The zero-order valence-electron chi connectivity index (χ0n) is 9.59. The minimum Gasteiger partial charge on any atom is -0.508 e. The third-order valence-electron chi connectivity index (χ3n) is 3.22. The maximum Gasteiger partial charge on any atom is 0.129 e. The lowest BCUT2D eigenvalue weighted by Crippen LogP contribution is -2.31. The molecule has 0 amide bonds. The van der Waals surface area contributed by atoms with Crippen molar-refractivity contribution >= 4 is 0 Å². The first-order chi connectivity index (χ1) is 7.66. The molecule has 1 aromatic carbocycles. The maximum atomic E-state index is 13.8. The summed E-state index contributed by atoms with van der Waals surface area (Å²) in [6, 6.07) is 3.02. The predicted octanol–water partition coefficient (Wildman–Crippen LogP) is 2.38. The average Bonchev–Trinajstić information content (AvgIpc) is 2.27. The summed E-state index contributed by atoms with van der Waals surface area (Å²) < 4.78 is 13.8. The summed E-state index contributed by atoms with van der Waals surface area (Å²) in [5.41, 5.74) is 1.17. The highest BCUT2D eigenvalue weighted by atomic mass is 19.1. The van der Waals surface area contributed by atoms with Crippen molar-refractivity contribution in [3.8, 4) is 5.75 Å². The van der Waals surface area contributed by atoms with Crippen LogP contribution in [-0.2, 0) is 6.42 Å². The number of phenols is 1. The standard InChI is InChI=1S/C13H18FNO/c1-9-5-12(16)7-11(13(9)14)6-10-3-2-4-15-8-10/h5,7,10,15-16H,2-4,6,8H2,1H3. The summed E-state index contributed by atoms with van der Waals surface area (Å²) in [5, 5.41) is 12.8. The van der Waals surface area contributed by atoms with E-state index in [1.165, 1.54) is 6.07 Å². The lowest BCUT2D eigenvalue weighted by atomic mass is 9.91. The molecular formula is C13H18FNO. The van der Waals surface area contributed by atoms with Crippen LogP contribution >= 0.6 is 0 Å². The maximum absolute atomic E-state index is 13.8. The number of aryl methyl sites for hydroxylation is 1. The van der Waals surface area contributed by atoms with Gasteiger partial charge in [0.05, 0.1) is 0 Å². The van der Waals surface area contributed by atoms with Gasteiger partial charge in [-0.3, -0.25) is 0 Å². The van der Waals surface area contributed by atoms with Crippen molar-refractivity contribution in [2.75, 3.05) is 13.1 Å². The van der Waals surface area contributed by atoms with Gasteiger partial charge in [0.25, 0.3) is 0 Å². The van der Waals surface area contributed by atoms with Crippen molar-refractivity contribution in [1.82, 2.24) is 5.32 Å². The number of hydrogen-bond acceptors (Lipinski definition) is 2. The second-order valence-corrected chi connectivity index (χ2v) is 4.65. The van der Waals surface area contributed by atoms with Crippen LogP contribution in [0, 0.1) is 18.7 Å². The number of rotatable bonds is 2. The third kappa shape index (κ3) is 2.53. The van der Waals surface area contributed by atoms with Crippen LogP contribution in [0.15, 0.2) is 12.1 Å². The Balaban J connectivity index is 2.13. The summed E-state index contributed by atoms with van der Waals surface area (Å²) in [6.45, 7) is 3.71. The van der Waals surface area contributed by atoms with Gasteiger partial charge in [-0.25, -0.2) is 4.39 Å². The molecule has 1 aliphatic rings. The average molecular weight is 223 g/mol. The molecule has 2 nitrogen and oxygen atoms in total. The Labute approximate surface area is 95.5 Å². The van der Waals surface area contributed by atoms with Crippen LogP contribution in [0.4, 0.5) is 4.39 Å². The lowest BCUT2D eigenvalue weighted by molar-refractivity contribution is 0.370. The van der Waals surface area contributed by atoms with E-state index in [0.29, 0.717) is 23.5 Å². The first kappa shape index (κ1) is 11.4. The van der Waals surface area contributed by atoms with Gasteiger partial charge >= 0.3 is 0 Å². The number of hydrogen-bond donors (Lipinski definition) is 2. The molecule has 0 spiro atoms. The second kappa shape index (κ2) is 4.83. The molecule has 16 heavy (non-hydrogen) atoms. The van der Waals surface area contributed by atoms with Gasteiger partial charge in [-0.2, -0.15) is 0 Å². The molecule has 1 saturated heterocycles. The first-order valence-corrected chi connectivity index (χ1v) is 5.85. The number of benzene rings is 1. The van der Waals surface area contributed by atoms with Crippen molar-refractivity contribution in [2.24, 2.45) is 5.92 Å². The fraction of sp³-hybridized carbons (Fsp3) is 0.538. The fourth-order valence-corrected chi connectivity index (χ4v) is 2.38. The number of aromatic hydroxyl groups is 1. The van der Waals surface area contributed by atoms with E-state index in [-0.39, 0.29) is 11.6 Å². The highest BCUT2D eigenvalue weighted by molar-refractivity contribution is 5.34. The molecule has 1 aromatic rings. The van der Waals surface area contributed by atoms with Gasteiger partial charge in [0.2, 0.25) is 0 Å². The van der Waals surface area contributed by atoms with Gasteiger partial charge in [-0.05, 0) is 68.5 Å². The van der Waals surface area contributed by atoms with E-state index in [4.69, 9.17) is 0 Å². The molecule has 0 radical (unpaired) electrons. The molecule has 0 aromatic heterocycles. The quantitative estimate of drug-likeness (QED) is 0.806. The Bertz CT molecular complexity index is 372. The van der Waals surface area contributed by atoms with Crippen LogP contribution in [-0.4, -0.2) is 18.2 Å². The van der Waals surface area contributed by atoms with Crippen LogP contribution in [0.25, 0.3) is 0 Å². The fourth-order valence-electron chi connectivity index (χ4n) is 2.38. The molecule has 2 N–H and O–H groups in total. The summed E-state index contributed by atoms with van der Waals surface area (Å²) in [5.74, 6) is 0.491. The van der Waals surface area contributed by atoms with Crippen LogP contribution in [0.5, 0.6) is 5.75 Å². The number of piperidine rings is 1. The van der Waals surface area contributed by atoms with Crippen molar-refractivity contribution in [1.29, 1.82) is 0 Å². The Morgan fingerprint density at radius 1 is 1.50 bits per heavy atom. The van der Waals surface area contributed by atoms with E-state index < -0.39 is 0 Å². The lowest BCUT2D eigenvalue weighted by Gasteiger charge is -2.23. The Kier molecular flexibility index (Phi) is 3.44. The first-order valence-electron chi connectivity index (χ1n) is 5.85. The monoisotopic (exact) mass is 223 g/mol. The van der Waals surface area contributed by atoms with E-state index in [0.717, 1.165) is 25.9 Å². The molecular weight excluding hydrogens is 205 g/mol. The van der Waals surface area contributed by atoms with E-state index >= 15 is 0 Å². The Hall–Kier alpha value is -1.09. The highest BCUT2D eigenvalue weighted by Gasteiger charge is 2.16. The molecule has 1 fully saturated rings. The van der Waals surface area contributed by atoms with Gasteiger partial charge < -0.3 is 10.4 Å². The topological polar surface area (TPSA) is 32.3 Å². The number of phenolic OH excluding ortho intramolecular Hbond substituents is 1. The minimum atomic E-state index is -0.164. The van der Waals surface area contributed by atoms with Crippen LogP contribution in [0.3, 0.4) is 0 Å². The molecule has 1 aliphatic heterocycles. The van der Waals surface area contributed by atoms with Crippen molar-refractivity contribution < 1.29 is 9.50 Å². The second-order valence-electron chi connectivity index (χ2n) is 4.65. The number of nitrogens with one attached hydrogen (secondary N) is 1. The van der Waals surface area contributed by atoms with E-state index in [1.54, 1.807) is 13.0 Å². The van der Waals surface area contributed by atoms with Gasteiger partial charge in [0, 0.05) is 0 Å². The third-order valence-corrected chi connectivity index (χ3v) is 3.22. The molecule has 0 aliphatic carbocycles. The Morgan fingerprint density at radius 3 is 3.00 bits per heavy atom. The minimum absolute atomic E-state index is 0.164. The molecule has 1 unspecified atom stereocenters. The Morgan fingerprint density at radius 2 is 2.31 bits per heavy atom. The van der Waals surface area contributed by atoms with Crippen LogP contribution < -0.4 is 5.32 Å². The van der Waals surface area contributed by atoms with Crippen LogP contribution in [0.2, 0.25) is 0 Å². The van der Waals surface area contributed by atoms with Crippen molar-refractivity contribution in [3.05, 3.63) is 29.1 Å². The molecule has 0 saturated carbocycles. The summed E-state index contributed by atoms with van der Waals surface area (Å²) in [7, 11) is 0. The van der Waals surface area contributed by atoms with Gasteiger partial charge in [0.15, 0.2) is 0 Å². The normalized spacial score (nSPS) is 21.0. The molecule has 1 atom stereocenters. The zero-order chi connectivity index (χ0) is 11.5. The molecule has 3 heteroatoms. The largest absolute Gasteiger partial charge is 0.508 e. The summed E-state index contributed by atoms with van der Waals surface area (Å²) >= 11 is 0. The molecule has 88 valence electrons. The highest BCUT2D eigenvalue weighted by Crippen LogP contribution is 2.24. The molecule has 1 heterocycles. The number of halogens is 1. The predicted molar refractivity (Wildman–Crippen MR) is 62.1 cm³/mol. The SMILES string of the molecule is Cc1cc(O)cc(CC2CCCNC2)c1F. The van der Waals surface area contributed by atoms with Gasteiger partial charge in [-0.15, -0.1) is 0 Å². The van der Waals surface area contributed by atoms with Crippen molar-refractivity contribution in [2.45, 2.75) is 26.2 Å². The molecule has 2 rings (SSSR count). The zero-order valence-corrected chi connectivity index (χ0v) is 9.59. The smallest absolute Gasteiger partial charge is 0.129 e.